The Labute approximate surface area is 156 Å². The highest BCUT2D eigenvalue weighted by atomic mass is 19.1. The Morgan fingerprint density at radius 3 is 2.85 bits per heavy atom. The molecule has 1 aromatic carbocycles. The molecule has 8 heteroatoms. The van der Waals surface area contributed by atoms with Gasteiger partial charge in [0.05, 0.1) is 18.2 Å². The Bertz CT molecular complexity index is 869. The zero-order chi connectivity index (χ0) is 18.6. The molecule has 0 saturated carbocycles. The lowest BCUT2D eigenvalue weighted by Crippen LogP contribution is -2.30. The average molecular weight is 368 g/mol. The highest BCUT2D eigenvalue weighted by molar-refractivity contribution is 5.49. The number of hydrogen-bond acceptors (Lipinski definition) is 7. The van der Waals surface area contributed by atoms with E-state index in [4.69, 9.17) is 4.42 Å². The Morgan fingerprint density at radius 2 is 2.07 bits per heavy atom. The molecular weight excluding hydrogens is 347 g/mol. The van der Waals surface area contributed by atoms with Gasteiger partial charge in [0.2, 0.25) is 11.8 Å². The summed E-state index contributed by atoms with van der Waals surface area (Å²) < 4.78 is 18.9. The van der Waals surface area contributed by atoms with E-state index in [0.717, 1.165) is 24.2 Å². The number of rotatable bonds is 6. The smallest absolute Gasteiger partial charge is 0.249 e. The molecule has 7 nitrogen and oxygen atoms in total. The number of nitrogens with one attached hydrogen (secondary N) is 2. The van der Waals surface area contributed by atoms with Crippen LogP contribution in [-0.2, 0) is 6.54 Å². The van der Waals surface area contributed by atoms with Crippen LogP contribution in [0.3, 0.4) is 0 Å². The van der Waals surface area contributed by atoms with Crippen molar-refractivity contribution in [2.75, 3.05) is 20.1 Å². The van der Waals surface area contributed by atoms with Gasteiger partial charge >= 0.3 is 0 Å². The van der Waals surface area contributed by atoms with E-state index in [9.17, 15) is 4.39 Å². The first kappa shape index (κ1) is 17.7. The SMILES string of the molecule is CN(Cc1nnc(-c2cccnc2)o1)CC1CNNC1c1ccc(F)cc1. The van der Waals surface area contributed by atoms with Gasteiger partial charge in [-0.25, -0.2) is 9.82 Å². The summed E-state index contributed by atoms with van der Waals surface area (Å²) in [6, 6.07) is 10.5. The third-order valence-corrected chi connectivity index (χ3v) is 4.65. The summed E-state index contributed by atoms with van der Waals surface area (Å²) in [6.45, 7) is 2.21. The normalized spacial score (nSPS) is 19.7. The number of halogens is 1. The van der Waals surface area contributed by atoms with E-state index in [1.165, 1.54) is 12.1 Å². The summed E-state index contributed by atoms with van der Waals surface area (Å²) >= 11 is 0. The monoisotopic (exact) mass is 368 g/mol. The molecule has 27 heavy (non-hydrogen) atoms. The van der Waals surface area contributed by atoms with Crippen molar-refractivity contribution in [1.29, 1.82) is 0 Å². The maximum absolute atomic E-state index is 13.2. The van der Waals surface area contributed by atoms with Crippen LogP contribution in [-0.4, -0.2) is 40.2 Å². The van der Waals surface area contributed by atoms with Crippen LogP contribution in [0.5, 0.6) is 0 Å². The maximum atomic E-state index is 13.2. The molecule has 2 atom stereocenters. The summed E-state index contributed by atoms with van der Waals surface area (Å²) in [7, 11) is 2.02. The van der Waals surface area contributed by atoms with Crippen LogP contribution in [0.15, 0.2) is 53.2 Å². The van der Waals surface area contributed by atoms with Gasteiger partial charge in [0.1, 0.15) is 5.82 Å². The molecule has 0 aliphatic carbocycles. The molecule has 0 radical (unpaired) electrons. The van der Waals surface area contributed by atoms with E-state index >= 15 is 0 Å². The molecule has 1 saturated heterocycles. The summed E-state index contributed by atoms with van der Waals surface area (Å²) in [4.78, 5) is 6.22. The van der Waals surface area contributed by atoms with Gasteiger partial charge in [0.15, 0.2) is 0 Å². The van der Waals surface area contributed by atoms with Crippen LogP contribution in [0, 0.1) is 11.7 Å². The van der Waals surface area contributed by atoms with Gasteiger partial charge in [-0.05, 0) is 36.9 Å². The maximum Gasteiger partial charge on any atom is 0.249 e. The van der Waals surface area contributed by atoms with Crippen molar-refractivity contribution < 1.29 is 8.81 Å². The molecule has 1 aliphatic heterocycles. The third kappa shape index (κ3) is 4.19. The van der Waals surface area contributed by atoms with Gasteiger partial charge in [-0.15, -0.1) is 10.2 Å². The molecule has 1 fully saturated rings. The lowest BCUT2D eigenvalue weighted by molar-refractivity contribution is 0.241. The summed E-state index contributed by atoms with van der Waals surface area (Å²) in [5, 5.41) is 8.23. The molecule has 0 bridgehead atoms. The molecular formula is C19H21FN6O. The highest BCUT2D eigenvalue weighted by Crippen LogP contribution is 2.26. The summed E-state index contributed by atoms with van der Waals surface area (Å²) in [5.41, 5.74) is 8.35. The van der Waals surface area contributed by atoms with Crippen LogP contribution in [0.4, 0.5) is 4.39 Å². The van der Waals surface area contributed by atoms with Gasteiger partial charge in [-0.2, -0.15) is 0 Å². The van der Waals surface area contributed by atoms with Gasteiger partial charge in [0.25, 0.3) is 0 Å². The second kappa shape index (κ2) is 7.91. The van der Waals surface area contributed by atoms with Crippen molar-refractivity contribution in [3.8, 4) is 11.5 Å². The van der Waals surface area contributed by atoms with Crippen molar-refractivity contribution in [2.45, 2.75) is 12.6 Å². The second-order valence-corrected chi connectivity index (χ2v) is 6.75. The summed E-state index contributed by atoms with van der Waals surface area (Å²) in [6.07, 6.45) is 3.40. The number of pyridine rings is 1. The third-order valence-electron chi connectivity index (χ3n) is 4.65. The van der Waals surface area contributed by atoms with E-state index in [0.29, 0.717) is 24.2 Å². The van der Waals surface area contributed by atoms with Gasteiger partial charge in [-0.1, -0.05) is 12.1 Å². The van der Waals surface area contributed by atoms with E-state index in [1.54, 1.807) is 12.4 Å². The second-order valence-electron chi connectivity index (χ2n) is 6.75. The van der Waals surface area contributed by atoms with Crippen LogP contribution >= 0.6 is 0 Å². The fourth-order valence-electron chi connectivity index (χ4n) is 3.35. The Kier molecular flexibility index (Phi) is 5.19. The fourth-order valence-corrected chi connectivity index (χ4v) is 3.35. The first-order chi connectivity index (χ1) is 13.2. The quantitative estimate of drug-likeness (QED) is 0.690. The Balaban J connectivity index is 1.38. The number of hydrazine groups is 1. The first-order valence-corrected chi connectivity index (χ1v) is 8.84. The molecule has 1 aliphatic rings. The zero-order valence-electron chi connectivity index (χ0n) is 15.0. The largest absolute Gasteiger partial charge is 0.419 e. The van der Waals surface area contributed by atoms with Crippen molar-refractivity contribution in [2.24, 2.45) is 5.92 Å². The topological polar surface area (TPSA) is 79.1 Å². The van der Waals surface area contributed by atoms with Crippen molar-refractivity contribution in [3.05, 3.63) is 66.1 Å². The van der Waals surface area contributed by atoms with Crippen LogP contribution < -0.4 is 10.9 Å². The van der Waals surface area contributed by atoms with Crippen LogP contribution in [0.25, 0.3) is 11.5 Å². The number of benzene rings is 1. The van der Waals surface area contributed by atoms with Crippen LogP contribution in [0.1, 0.15) is 17.5 Å². The number of hydrogen-bond donors (Lipinski definition) is 2. The molecule has 140 valence electrons. The molecule has 3 aromatic rings. The van der Waals surface area contributed by atoms with E-state index in [-0.39, 0.29) is 11.9 Å². The molecule has 0 amide bonds. The van der Waals surface area contributed by atoms with E-state index in [2.05, 4.69) is 30.9 Å². The minimum absolute atomic E-state index is 0.127. The molecule has 0 spiro atoms. The molecule has 2 aromatic heterocycles. The number of nitrogens with zero attached hydrogens (tertiary/aromatic N) is 4. The standard InChI is InChI=1S/C19H21FN6O/c1-26(12-17-23-25-19(27-17)14-3-2-8-21-9-14)11-15-10-22-24-18(15)13-4-6-16(20)7-5-13/h2-9,15,18,22,24H,10-12H2,1H3. The summed E-state index contributed by atoms with van der Waals surface area (Å²) in [5.74, 6) is 1.15. The zero-order valence-corrected chi connectivity index (χ0v) is 15.0. The molecule has 2 unspecified atom stereocenters. The van der Waals surface area contributed by atoms with Crippen LogP contribution in [0.2, 0.25) is 0 Å². The van der Waals surface area contributed by atoms with Crippen molar-refractivity contribution in [3.63, 3.8) is 0 Å². The predicted octanol–water partition coefficient (Wildman–Crippen LogP) is 2.17. The van der Waals surface area contributed by atoms with Gasteiger partial charge in [0, 0.05) is 31.4 Å². The lowest BCUT2D eigenvalue weighted by atomic mass is 9.94. The minimum Gasteiger partial charge on any atom is -0.419 e. The Hall–Kier alpha value is -2.68. The molecule has 3 heterocycles. The van der Waals surface area contributed by atoms with Gasteiger partial charge < -0.3 is 4.42 Å². The lowest BCUT2D eigenvalue weighted by Gasteiger charge is -2.23. The fraction of sp³-hybridized carbons (Fsp3) is 0.316. The van der Waals surface area contributed by atoms with Crippen molar-refractivity contribution in [1.82, 2.24) is 30.9 Å². The van der Waals surface area contributed by atoms with E-state index < -0.39 is 0 Å². The average Bonchev–Trinajstić information content (AvgIpc) is 3.33. The molecule has 4 rings (SSSR count). The number of aromatic nitrogens is 3. The molecule has 2 N–H and O–H groups in total. The highest BCUT2D eigenvalue weighted by Gasteiger charge is 2.29. The van der Waals surface area contributed by atoms with Crippen molar-refractivity contribution >= 4 is 0 Å². The Morgan fingerprint density at radius 1 is 1.22 bits per heavy atom. The van der Waals surface area contributed by atoms with Gasteiger partial charge in [-0.3, -0.25) is 15.3 Å². The minimum atomic E-state index is -0.223. The van der Waals surface area contributed by atoms with E-state index in [1.807, 2.05) is 31.3 Å². The first-order valence-electron chi connectivity index (χ1n) is 8.84. The predicted molar refractivity (Wildman–Crippen MR) is 97.6 cm³/mol.